The lowest BCUT2D eigenvalue weighted by atomic mass is 10.1. The molecule has 0 aromatic carbocycles. The highest BCUT2D eigenvalue weighted by atomic mass is 16.5. The maximum Gasteiger partial charge on any atom is 0.356 e. The van der Waals surface area contributed by atoms with Gasteiger partial charge in [0.15, 0.2) is 5.69 Å². The van der Waals surface area contributed by atoms with Crippen molar-refractivity contribution in [2.24, 2.45) is 5.92 Å². The van der Waals surface area contributed by atoms with Gasteiger partial charge in [0, 0.05) is 19.2 Å². The second-order valence-corrected chi connectivity index (χ2v) is 4.71. The first kappa shape index (κ1) is 16.0. The van der Waals surface area contributed by atoms with Crippen LogP contribution in [0.3, 0.4) is 0 Å². The molecule has 0 saturated carbocycles. The molecule has 9 nitrogen and oxygen atoms in total. The zero-order valence-electron chi connectivity index (χ0n) is 12.4. The topological polar surface area (TPSA) is 117 Å². The van der Waals surface area contributed by atoms with E-state index >= 15 is 0 Å². The molecule has 0 amide bonds. The molecule has 1 aliphatic rings. The maximum atomic E-state index is 11.7. The number of anilines is 2. The van der Waals surface area contributed by atoms with Crippen molar-refractivity contribution in [2.75, 3.05) is 51.2 Å². The molecule has 1 aliphatic heterocycles. The van der Waals surface area contributed by atoms with Gasteiger partial charge in [-0.15, -0.1) is 0 Å². The van der Waals surface area contributed by atoms with Crippen molar-refractivity contribution >= 4 is 23.7 Å². The van der Waals surface area contributed by atoms with Crippen LogP contribution >= 0.6 is 0 Å². The third-order valence-electron chi connectivity index (χ3n) is 3.21. The van der Waals surface area contributed by atoms with Crippen molar-refractivity contribution in [3.05, 3.63) is 11.8 Å². The molecule has 0 radical (unpaired) electrons. The molecule has 2 rings (SSSR count). The summed E-state index contributed by atoms with van der Waals surface area (Å²) in [5.74, 6) is -1.04. The quantitative estimate of drug-likeness (QED) is 0.735. The Morgan fingerprint density at radius 3 is 2.82 bits per heavy atom. The summed E-state index contributed by atoms with van der Waals surface area (Å²) in [4.78, 5) is 33.3. The third kappa shape index (κ3) is 3.61. The number of rotatable bonds is 3. The number of ether oxygens (including phenoxy) is 3. The van der Waals surface area contributed by atoms with Crippen molar-refractivity contribution in [2.45, 2.75) is 0 Å². The van der Waals surface area contributed by atoms with E-state index in [1.54, 1.807) is 4.90 Å². The van der Waals surface area contributed by atoms with Gasteiger partial charge in [0.25, 0.3) is 0 Å². The largest absolute Gasteiger partial charge is 0.469 e. The number of hydrogen-bond donors (Lipinski definition) is 1. The van der Waals surface area contributed by atoms with Crippen LogP contribution in [0.4, 0.5) is 11.8 Å². The van der Waals surface area contributed by atoms with Crippen LogP contribution < -0.4 is 10.6 Å². The van der Waals surface area contributed by atoms with Crippen LogP contribution in [0.25, 0.3) is 0 Å². The third-order valence-corrected chi connectivity index (χ3v) is 3.21. The van der Waals surface area contributed by atoms with Gasteiger partial charge in [0.2, 0.25) is 5.95 Å². The van der Waals surface area contributed by atoms with Crippen LogP contribution in [0, 0.1) is 5.92 Å². The highest BCUT2D eigenvalue weighted by Crippen LogP contribution is 2.17. The van der Waals surface area contributed by atoms with E-state index in [4.69, 9.17) is 15.2 Å². The maximum absolute atomic E-state index is 11.7. The van der Waals surface area contributed by atoms with Crippen molar-refractivity contribution in [1.82, 2.24) is 9.97 Å². The Bertz CT molecular complexity index is 565. The summed E-state index contributed by atoms with van der Waals surface area (Å²) in [5.41, 5.74) is 5.77. The Morgan fingerprint density at radius 2 is 2.14 bits per heavy atom. The van der Waals surface area contributed by atoms with Crippen LogP contribution in [-0.4, -0.2) is 62.4 Å². The second-order valence-electron chi connectivity index (χ2n) is 4.71. The molecular formula is C13H18N4O5. The molecule has 0 aliphatic carbocycles. The number of aromatic nitrogens is 2. The van der Waals surface area contributed by atoms with Crippen LogP contribution in [0.5, 0.6) is 0 Å². The number of nitrogens with two attached hydrogens (primary N) is 1. The molecular weight excluding hydrogens is 292 g/mol. The zero-order valence-corrected chi connectivity index (χ0v) is 12.4. The van der Waals surface area contributed by atoms with E-state index in [1.165, 1.54) is 20.3 Å². The summed E-state index contributed by atoms with van der Waals surface area (Å²) in [6.07, 6.45) is 0. The number of esters is 2. The molecule has 0 bridgehead atoms. The Balaban J connectivity index is 2.27. The van der Waals surface area contributed by atoms with E-state index in [0.29, 0.717) is 19.7 Å². The number of carbonyl (C=O) groups is 2. The van der Waals surface area contributed by atoms with Gasteiger partial charge >= 0.3 is 11.9 Å². The van der Waals surface area contributed by atoms with Crippen molar-refractivity contribution in [3.8, 4) is 0 Å². The molecule has 1 saturated heterocycles. The van der Waals surface area contributed by atoms with Gasteiger partial charge in [-0.3, -0.25) is 4.79 Å². The summed E-state index contributed by atoms with van der Waals surface area (Å²) in [6, 6.07) is 1.33. The highest BCUT2D eigenvalue weighted by molar-refractivity contribution is 5.88. The minimum absolute atomic E-state index is 0.0600. The molecule has 9 heteroatoms. The molecule has 1 aromatic rings. The lowest BCUT2D eigenvalue weighted by Gasteiger charge is -2.22. The van der Waals surface area contributed by atoms with Crippen molar-refractivity contribution in [3.63, 3.8) is 0 Å². The Morgan fingerprint density at radius 1 is 1.36 bits per heavy atom. The molecule has 2 N–H and O–H groups in total. The van der Waals surface area contributed by atoms with Crippen molar-refractivity contribution in [1.29, 1.82) is 0 Å². The number of carbonyl (C=O) groups excluding carboxylic acids is 2. The van der Waals surface area contributed by atoms with E-state index in [-0.39, 0.29) is 30.0 Å². The number of nitrogen functional groups attached to an aromatic ring is 1. The van der Waals surface area contributed by atoms with Gasteiger partial charge in [-0.2, -0.15) is 4.98 Å². The van der Waals surface area contributed by atoms with Gasteiger partial charge in [-0.1, -0.05) is 0 Å². The van der Waals surface area contributed by atoms with Crippen LogP contribution in [0.15, 0.2) is 6.07 Å². The first-order valence-electron chi connectivity index (χ1n) is 6.68. The zero-order chi connectivity index (χ0) is 16.1. The molecule has 1 aromatic heterocycles. The predicted molar refractivity (Wildman–Crippen MR) is 76.3 cm³/mol. The lowest BCUT2D eigenvalue weighted by Crippen LogP contribution is -2.35. The molecule has 2 heterocycles. The van der Waals surface area contributed by atoms with Crippen LogP contribution in [0.2, 0.25) is 0 Å². The van der Waals surface area contributed by atoms with E-state index < -0.39 is 11.9 Å². The van der Waals surface area contributed by atoms with Gasteiger partial charge < -0.3 is 24.8 Å². The minimum atomic E-state index is -0.606. The Labute approximate surface area is 127 Å². The number of nitrogens with zero attached hydrogens (tertiary/aromatic N) is 3. The van der Waals surface area contributed by atoms with E-state index in [1.807, 2.05) is 0 Å². The monoisotopic (exact) mass is 310 g/mol. The molecule has 0 spiro atoms. The first-order valence-corrected chi connectivity index (χ1v) is 6.68. The average molecular weight is 310 g/mol. The molecule has 1 fully saturated rings. The summed E-state index contributed by atoms with van der Waals surface area (Å²) < 4.78 is 14.8. The van der Waals surface area contributed by atoms with Gasteiger partial charge in [-0.25, -0.2) is 9.78 Å². The standard InChI is InChI=1S/C13H18N4O5/c1-20-11(18)8-6-17(3-4-22-7-8)13-15-9(12(19)21-2)5-10(14)16-13/h5,8H,3-4,6-7H2,1-2H3,(H2,14,15,16). The number of methoxy groups -OCH3 is 2. The van der Waals surface area contributed by atoms with E-state index in [0.717, 1.165) is 0 Å². The second kappa shape index (κ2) is 7.03. The fourth-order valence-corrected chi connectivity index (χ4v) is 2.10. The normalized spacial score (nSPS) is 18.5. The lowest BCUT2D eigenvalue weighted by molar-refractivity contribution is -0.146. The van der Waals surface area contributed by atoms with Gasteiger partial charge in [0.1, 0.15) is 5.82 Å². The van der Waals surface area contributed by atoms with Crippen molar-refractivity contribution < 1.29 is 23.8 Å². The Hall–Kier alpha value is -2.42. The molecule has 1 atom stereocenters. The van der Waals surface area contributed by atoms with Crippen LogP contribution in [-0.2, 0) is 19.0 Å². The fraction of sp³-hybridized carbons (Fsp3) is 0.538. The molecule has 1 unspecified atom stereocenters. The summed E-state index contributed by atoms with van der Waals surface area (Å²) in [5, 5.41) is 0. The SMILES string of the molecule is COC(=O)c1cc(N)nc(N2CCOCC(C(=O)OC)C2)n1. The Kier molecular flexibility index (Phi) is 5.10. The van der Waals surface area contributed by atoms with Crippen LogP contribution in [0.1, 0.15) is 10.5 Å². The smallest absolute Gasteiger partial charge is 0.356 e. The summed E-state index contributed by atoms with van der Waals surface area (Å²) in [7, 11) is 2.58. The summed E-state index contributed by atoms with van der Waals surface area (Å²) >= 11 is 0. The van der Waals surface area contributed by atoms with E-state index in [9.17, 15) is 9.59 Å². The first-order chi connectivity index (χ1) is 10.5. The fourth-order valence-electron chi connectivity index (χ4n) is 2.10. The van der Waals surface area contributed by atoms with E-state index in [2.05, 4.69) is 14.7 Å². The average Bonchev–Trinajstić information content (AvgIpc) is 2.78. The van der Waals surface area contributed by atoms with Gasteiger partial charge in [-0.05, 0) is 0 Å². The molecule has 120 valence electrons. The highest BCUT2D eigenvalue weighted by Gasteiger charge is 2.27. The number of hydrogen-bond acceptors (Lipinski definition) is 9. The summed E-state index contributed by atoms with van der Waals surface area (Å²) in [6.45, 7) is 1.45. The van der Waals surface area contributed by atoms with Gasteiger partial charge in [0.05, 0.1) is 33.4 Å². The minimum Gasteiger partial charge on any atom is -0.469 e. The molecule has 22 heavy (non-hydrogen) atoms. The predicted octanol–water partition coefficient (Wildman–Crippen LogP) is -0.529.